The van der Waals surface area contributed by atoms with Crippen molar-refractivity contribution in [3.63, 3.8) is 0 Å². The SMILES string of the molecule is O=C(O)CCC1CCN(C(=O)C2CCC2)CC1. The molecule has 17 heavy (non-hydrogen) atoms. The Hall–Kier alpha value is -1.06. The number of hydrogen-bond acceptors (Lipinski definition) is 2. The monoisotopic (exact) mass is 239 g/mol. The lowest BCUT2D eigenvalue weighted by Gasteiger charge is -2.36. The van der Waals surface area contributed by atoms with E-state index in [1.54, 1.807) is 0 Å². The van der Waals surface area contributed by atoms with Gasteiger partial charge in [-0.05, 0) is 38.0 Å². The normalized spacial score (nSPS) is 22.2. The lowest BCUT2D eigenvalue weighted by Crippen LogP contribution is -2.43. The number of carboxylic acid groups (broad SMARTS) is 1. The van der Waals surface area contributed by atoms with Crippen LogP contribution in [-0.2, 0) is 9.59 Å². The maximum atomic E-state index is 12.0. The lowest BCUT2D eigenvalue weighted by atomic mass is 9.83. The Kier molecular flexibility index (Phi) is 4.02. The van der Waals surface area contributed by atoms with E-state index in [-0.39, 0.29) is 6.42 Å². The van der Waals surface area contributed by atoms with Gasteiger partial charge in [-0.2, -0.15) is 0 Å². The first-order valence-electron chi connectivity index (χ1n) is 6.67. The summed E-state index contributed by atoms with van der Waals surface area (Å²) < 4.78 is 0. The Bertz CT molecular complexity index is 291. The Morgan fingerprint density at radius 3 is 2.24 bits per heavy atom. The number of aliphatic carboxylic acids is 1. The van der Waals surface area contributed by atoms with Gasteiger partial charge in [-0.3, -0.25) is 9.59 Å². The molecule has 1 aliphatic heterocycles. The van der Waals surface area contributed by atoms with Crippen LogP contribution in [0, 0.1) is 11.8 Å². The summed E-state index contributed by atoms with van der Waals surface area (Å²) in [7, 11) is 0. The minimum atomic E-state index is -0.710. The molecule has 0 aromatic rings. The summed E-state index contributed by atoms with van der Waals surface area (Å²) >= 11 is 0. The van der Waals surface area contributed by atoms with Crippen molar-refractivity contribution < 1.29 is 14.7 Å². The zero-order chi connectivity index (χ0) is 12.3. The number of carbonyl (C=O) groups excluding carboxylic acids is 1. The van der Waals surface area contributed by atoms with Crippen molar-refractivity contribution in [3.8, 4) is 0 Å². The first-order valence-corrected chi connectivity index (χ1v) is 6.67. The highest BCUT2D eigenvalue weighted by Gasteiger charge is 2.31. The first kappa shape index (κ1) is 12.4. The summed E-state index contributed by atoms with van der Waals surface area (Å²) in [6.07, 6.45) is 6.32. The molecule has 0 aromatic heterocycles. The maximum Gasteiger partial charge on any atom is 0.303 e. The Morgan fingerprint density at radius 2 is 1.76 bits per heavy atom. The lowest BCUT2D eigenvalue weighted by molar-refractivity contribution is -0.140. The van der Waals surface area contributed by atoms with E-state index in [9.17, 15) is 9.59 Å². The molecule has 0 unspecified atom stereocenters. The summed E-state index contributed by atoms with van der Waals surface area (Å²) in [6, 6.07) is 0. The largest absolute Gasteiger partial charge is 0.481 e. The number of hydrogen-bond donors (Lipinski definition) is 1. The minimum Gasteiger partial charge on any atom is -0.481 e. The highest BCUT2D eigenvalue weighted by Crippen LogP contribution is 2.30. The van der Waals surface area contributed by atoms with Gasteiger partial charge in [-0.25, -0.2) is 0 Å². The summed E-state index contributed by atoms with van der Waals surface area (Å²) in [5.41, 5.74) is 0. The summed E-state index contributed by atoms with van der Waals surface area (Å²) in [4.78, 5) is 24.5. The molecule has 96 valence electrons. The molecular weight excluding hydrogens is 218 g/mol. The third-order valence-corrected chi connectivity index (χ3v) is 4.15. The fourth-order valence-electron chi connectivity index (χ4n) is 2.68. The van der Waals surface area contributed by atoms with Crippen LogP contribution in [0.5, 0.6) is 0 Å². The third-order valence-electron chi connectivity index (χ3n) is 4.15. The molecule has 1 N–H and O–H groups in total. The molecule has 4 nitrogen and oxygen atoms in total. The van der Waals surface area contributed by atoms with Crippen LogP contribution in [0.15, 0.2) is 0 Å². The Morgan fingerprint density at radius 1 is 1.12 bits per heavy atom. The number of amides is 1. The molecule has 0 aromatic carbocycles. The van der Waals surface area contributed by atoms with Crippen molar-refractivity contribution in [3.05, 3.63) is 0 Å². The van der Waals surface area contributed by atoms with Crippen molar-refractivity contribution in [1.29, 1.82) is 0 Å². The molecule has 1 aliphatic carbocycles. The molecule has 0 spiro atoms. The maximum absolute atomic E-state index is 12.0. The van der Waals surface area contributed by atoms with E-state index in [4.69, 9.17) is 5.11 Å². The van der Waals surface area contributed by atoms with E-state index in [1.165, 1.54) is 6.42 Å². The molecule has 2 aliphatic rings. The number of likely N-dealkylation sites (tertiary alicyclic amines) is 1. The molecule has 0 bridgehead atoms. The fraction of sp³-hybridized carbons (Fsp3) is 0.846. The van der Waals surface area contributed by atoms with Gasteiger partial charge < -0.3 is 10.0 Å². The Labute approximate surface area is 102 Å². The number of carbonyl (C=O) groups is 2. The van der Waals surface area contributed by atoms with Crippen molar-refractivity contribution in [2.75, 3.05) is 13.1 Å². The van der Waals surface area contributed by atoms with Crippen LogP contribution in [0.2, 0.25) is 0 Å². The van der Waals surface area contributed by atoms with Gasteiger partial charge in [-0.1, -0.05) is 6.42 Å². The number of piperidine rings is 1. The first-order chi connectivity index (χ1) is 8.16. The molecule has 2 rings (SSSR count). The molecule has 1 saturated carbocycles. The smallest absolute Gasteiger partial charge is 0.303 e. The van der Waals surface area contributed by atoms with Crippen molar-refractivity contribution >= 4 is 11.9 Å². The van der Waals surface area contributed by atoms with Gasteiger partial charge in [0.2, 0.25) is 5.91 Å². The van der Waals surface area contributed by atoms with E-state index in [0.717, 1.165) is 45.2 Å². The van der Waals surface area contributed by atoms with E-state index in [0.29, 0.717) is 17.7 Å². The summed E-state index contributed by atoms with van der Waals surface area (Å²) in [5, 5.41) is 8.63. The quantitative estimate of drug-likeness (QED) is 0.815. The summed E-state index contributed by atoms with van der Waals surface area (Å²) in [5.74, 6) is 0.424. The second-order valence-corrected chi connectivity index (χ2v) is 5.33. The minimum absolute atomic E-state index is 0.265. The molecular formula is C13H21NO3. The molecule has 0 atom stereocenters. The zero-order valence-electron chi connectivity index (χ0n) is 10.2. The second-order valence-electron chi connectivity index (χ2n) is 5.33. The van der Waals surface area contributed by atoms with Crippen LogP contribution < -0.4 is 0 Å². The van der Waals surface area contributed by atoms with E-state index in [2.05, 4.69) is 0 Å². The van der Waals surface area contributed by atoms with Crippen LogP contribution in [0.3, 0.4) is 0 Å². The van der Waals surface area contributed by atoms with E-state index in [1.807, 2.05) is 4.90 Å². The number of carboxylic acids is 1. The second kappa shape index (κ2) is 5.52. The predicted molar refractivity (Wildman–Crippen MR) is 63.5 cm³/mol. The van der Waals surface area contributed by atoms with Crippen LogP contribution >= 0.6 is 0 Å². The van der Waals surface area contributed by atoms with Gasteiger partial charge in [0.05, 0.1) is 0 Å². The topological polar surface area (TPSA) is 57.6 Å². The molecule has 1 amide bonds. The Balaban J connectivity index is 1.70. The molecule has 2 fully saturated rings. The van der Waals surface area contributed by atoms with Gasteiger partial charge in [0.25, 0.3) is 0 Å². The highest BCUT2D eigenvalue weighted by molar-refractivity contribution is 5.79. The molecule has 1 heterocycles. The zero-order valence-corrected chi connectivity index (χ0v) is 10.2. The van der Waals surface area contributed by atoms with Crippen molar-refractivity contribution in [2.24, 2.45) is 11.8 Å². The molecule has 4 heteroatoms. The van der Waals surface area contributed by atoms with Crippen LogP contribution in [-0.4, -0.2) is 35.0 Å². The number of rotatable bonds is 4. The molecule has 0 radical (unpaired) electrons. The van der Waals surface area contributed by atoms with Crippen LogP contribution in [0.25, 0.3) is 0 Å². The van der Waals surface area contributed by atoms with Gasteiger partial charge in [0, 0.05) is 25.4 Å². The third kappa shape index (κ3) is 3.20. The van der Waals surface area contributed by atoms with Crippen molar-refractivity contribution in [2.45, 2.75) is 44.9 Å². The highest BCUT2D eigenvalue weighted by atomic mass is 16.4. The van der Waals surface area contributed by atoms with E-state index < -0.39 is 5.97 Å². The summed E-state index contributed by atoms with van der Waals surface area (Å²) in [6.45, 7) is 1.67. The number of nitrogens with zero attached hydrogens (tertiary/aromatic N) is 1. The van der Waals surface area contributed by atoms with Gasteiger partial charge in [0.15, 0.2) is 0 Å². The molecule has 1 saturated heterocycles. The van der Waals surface area contributed by atoms with Crippen LogP contribution in [0.1, 0.15) is 44.9 Å². The van der Waals surface area contributed by atoms with Gasteiger partial charge >= 0.3 is 5.97 Å². The average molecular weight is 239 g/mol. The fourth-order valence-corrected chi connectivity index (χ4v) is 2.68. The average Bonchev–Trinajstić information content (AvgIpc) is 2.24. The van der Waals surface area contributed by atoms with Gasteiger partial charge in [-0.15, -0.1) is 0 Å². The predicted octanol–water partition coefficient (Wildman–Crippen LogP) is 1.89. The van der Waals surface area contributed by atoms with Crippen LogP contribution in [0.4, 0.5) is 0 Å². The van der Waals surface area contributed by atoms with E-state index >= 15 is 0 Å². The van der Waals surface area contributed by atoms with Gasteiger partial charge in [0.1, 0.15) is 0 Å². The standard InChI is InChI=1S/C13H21NO3/c15-12(16)5-4-10-6-8-14(9-7-10)13(17)11-2-1-3-11/h10-11H,1-9H2,(H,15,16). The van der Waals surface area contributed by atoms with Crippen molar-refractivity contribution in [1.82, 2.24) is 4.90 Å².